The molecular weight excluding hydrogens is 290 g/mol. The van der Waals surface area contributed by atoms with Gasteiger partial charge in [0.2, 0.25) is 0 Å². The molecule has 0 aliphatic carbocycles. The zero-order valence-corrected chi connectivity index (χ0v) is 11.6. The Balaban J connectivity index is 2.13. The van der Waals surface area contributed by atoms with E-state index in [4.69, 9.17) is 5.41 Å². The van der Waals surface area contributed by atoms with E-state index >= 15 is 0 Å². The van der Waals surface area contributed by atoms with E-state index < -0.39 is 0 Å². The van der Waals surface area contributed by atoms with Gasteiger partial charge in [-0.1, -0.05) is 12.1 Å². The van der Waals surface area contributed by atoms with E-state index in [0.29, 0.717) is 5.84 Å². The van der Waals surface area contributed by atoms with Gasteiger partial charge in [-0.05, 0) is 40.9 Å². The van der Waals surface area contributed by atoms with Crippen LogP contribution in [0.4, 0.5) is 5.69 Å². The number of amidine groups is 1. The zero-order valence-electron chi connectivity index (χ0n) is 9.99. The summed E-state index contributed by atoms with van der Waals surface area (Å²) in [5.41, 5.74) is 2.04. The zero-order chi connectivity index (χ0) is 12.5. The molecule has 1 aliphatic rings. The second-order valence-corrected chi connectivity index (χ2v) is 5.47. The second-order valence-electron chi connectivity index (χ2n) is 4.56. The van der Waals surface area contributed by atoms with Crippen molar-refractivity contribution in [2.45, 2.75) is 19.3 Å². The molecule has 0 radical (unpaired) electrons. The molecule has 1 aromatic heterocycles. The van der Waals surface area contributed by atoms with Crippen LogP contribution in [0.25, 0.3) is 10.9 Å². The van der Waals surface area contributed by atoms with Crippen molar-refractivity contribution in [1.29, 1.82) is 5.41 Å². The lowest BCUT2D eigenvalue weighted by Gasteiger charge is -2.29. The van der Waals surface area contributed by atoms with Gasteiger partial charge in [0, 0.05) is 29.0 Å². The van der Waals surface area contributed by atoms with Crippen LogP contribution in [0.3, 0.4) is 0 Å². The molecule has 1 N–H and O–H groups in total. The Morgan fingerprint density at radius 3 is 3.00 bits per heavy atom. The van der Waals surface area contributed by atoms with E-state index in [1.807, 2.05) is 12.3 Å². The third kappa shape index (κ3) is 2.01. The number of nitrogens with zero attached hydrogens (tertiary/aromatic N) is 2. The summed E-state index contributed by atoms with van der Waals surface area (Å²) in [5.74, 6) is 0.707. The lowest BCUT2D eigenvalue weighted by atomic mass is 10.1. The number of nitrogens with one attached hydrogen (secondary N) is 1. The van der Waals surface area contributed by atoms with E-state index in [1.54, 1.807) is 0 Å². The second kappa shape index (κ2) is 4.69. The summed E-state index contributed by atoms with van der Waals surface area (Å²) in [5, 5.41) is 9.20. The van der Waals surface area contributed by atoms with Crippen molar-refractivity contribution in [3.8, 4) is 0 Å². The summed E-state index contributed by atoms with van der Waals surface area (Å²) < 4.78 is 0.987. The lowest BCUT2D eigenvalue weighted by molar-refractivity contribution is 0.708. The number of piperidine rings is 1. The third-order valence-corrected chi connectivity index (χ3v) is 3.75. The van der Waals surface area contributed by atoms with Gasteiger partial charge in [0.15, 0.2) is 0 Å². The highest BCUT2D eigenvalue weighted by Gasteiger charge is 2.18. The van der Waals surface area contributed by atoms with E-state index in [0.717, 1.165) is 46.9 Å². The van der Waals surface area contributed by atoms with E-state index in [-0.39, 0.29) is 0 Å². The fourth-order valence-corrected chi connectivity index (χ4v) is 2.78. The minimum Gasteiger partial charge on any atom is -0.328 e. The van der Waals surface area contributed by atoms with Crippen molar-refractivity contribution in [3.63, 3.8) is 0 Å². The molecular formula is C14H14BrN3. The number of anilines is 1. The van der Waals surface area contributed by atoms with E-state index in [1.165, 1.54) is 0 Å². The first-order chi connectivity index (χ1) is 8.75. The van der Waals surface area contributed by atoms with Crippen LogP contribution in [0, 0.1) is 5.41 Å². The van der Waals surface area contributed by atoms with Crippen LogP contribution < -0.4 is 4.90 Å². The summed E-state index contributed by atoms with van der Waals surface area (Å²) in [6.45, 7) is 0.926. The van der Waals surface area contributed by atoms with E-state index in [2.05, 4.69) is 44.0 Å². The number of halogens is 1. The Hall–Kier alpha value is -1.42. The molecule has 0 unspecified atom stereocenters. The molecule has 0 bridgehead atoms. The van der Waals surface area contributed by atoms with E-state index in [9.17, 15) is 0 Å². The molecule has 1 saturated heterocycles. The Kier molecular flexibility index (Phi) is 3.04. The van der Waals surface area contributed by atoms with Crippen LogP contribution in [0.1, 0.15) is 19.3 Å². The predicted octanol–water partition coefficient (Wildman–Crippen LogP) is 3.96. The van der Waals surface area contributed by atoms with Crippen LogP contribution >= 0.6 is 15.9 Å². The summed E-state index contributed by atoms with van der Waals surface area (Å²) >= 11 is 3.45. The number of benzene rings is 1. The number of aromatic nitrogens is 1. The van der Waals surface area contributed by atoms with Crippen molar-refractivity contribution in [1.82, 2.24) is 4.98 Å². The number of hydrogen-bond donors (Lipinski definition) is 1. The number of rotatable bonds is 1. The summed E-state index contributed by atoms with van der Waals surface area (Å²) in [7, 11) is 0. The Bertz CT molecular complexity index is 609. The van der Waals surface area contributed by atoms with Crippen molar-refractivity contribution in [2.24, 2.45) is 0 Å². The van der Waals surface area contributed by atoms with Gasteiger partial charge >= 0.3 is 0 Å². The largest absolute Gasteiger partial charge is 0.328 e. The van der Waals surface area contributed by atoms with Crippen molar-refractivity contribution in [3.05, 3.63) is 34.9 Å². The van der Waals surface area contributed by atoms with Crippen molar-refractivity contribution < 1.29 is 0 Å². The molecule has 18 heavy (non-hydrogen) atoms. The molecule has 2 heterocycles. The monoisotopic (exact) mass is 303 g/mol. The fraction of sp³-hybridized carbons (Fsp3) is 0.286. The van der Waals surface area contributed by atoms with Gasteiger partial charge in [-0.25, -0.2) is 0 Å². The van der Waals surface area contributed by atoms with Crippen molar-refractivity contribution >= 4 is 38.4 Å². The van der Waals surface area contributed by atoms with Crippen LogP contribution in [-0.4, -0.2) is 17.4 Å². The van der Waals surface area contributed by atoms with Crippen LogP contribution in [0.15, 0.2) is 34.9 Å². The van der Waals surface area contributed by atoms with Crippen molar-refractivity contribution in [2.75, 3.05) is 11.4 Å². The molecule has 0 amide bonds. The molecule has 0 saturated carbocycles. The molecule has 3 nitrogen and oxygen atoms in total. The van der Waals surface area contributed by atoms with Crippen LogP contribution in [0.5, 0.6) is 0 Å². The highest BCUT2D eigenvalue weighted by molar-refractivity contribution is 9.10. The number of para-hydroxylation sites is 1. The molecule has 92 valence electrons. The average molecular weight is 304 g/mol. The topological polar surface area (TPSA) is 40.0 Å². The van der Waals surface area contributed by atoms with Gasteiger partial charge in [0.1, 0.15) is 5.84 Å². The summed E-state index contributed by atoms with van der Waals surface area (Å²) in [4.78, 5) is 6.60. The minimum absolute atomic E-state index is 0.707. The van der Waals surface area contributed by atoms with Crippen LogP contribution in [0.2, 0.25) is 0 Å². The molecule has 2 aromatic rings. The Labute approximate surface area is 114 Å². The number of fused-ring (bicyclic) bond motifs is 1. The standard InChI is InChI=1S/C14H14BrN3/c15-11-8-10-4-3-5-12(14(10)17-9-11)18-7-2-1-6-13(18)16/h3-5,8-9,16H,1-2,6-7H2. The molecule has 1 fully saturated rings. The highest BCUT2D eigenvalue weighted by atomic mass is 79.9. The molecule has 3 rings (SSSR count). The Morgan fingerprint density at radius 2 is 2.17 bits per heavy atom. The molecule has 0 spiro atoms. The first-order valence-electron chi connectivity index (χ1n) is 6.15. The van der Waals surface area contributed by atoms with Crippen LogP contribution in [-0.2, 0) is 0 Å². The fourth-order valence-electron chi connectivity index (χ4n) is 2.43. The normalized spacial score (nSPS) is 16.3. The Morgan fingerprint density at radius 1 is 1.28 bits per heavy atom. The smallest absolute Gasteiger partial charge is 0.100 e. The van der Waals surface area contributed by atoms with Gasteiger partial charge < -0.3 is 4.90 Å². The maximum absolute atomic E-state index is 8.09. The first-order valence-corrected chi connectivity index (χ1v) is 6.94. The first kappa shape index (κ1) is 11.7. The maximum Gasteiger partial charge on any atom is 0.100 e. The molecule has 4 heteroatoms. The summed E-state index contributed by atoms with van der Waals surface area (Å²) in [6, 6.07) is 8.22. The summed E-state index contributed by atoms with van der Waals surface area (Å²) in [6.07, 6.45) is 4.96. The lowest BCUT2D eigenvalue weighted by Crippen LogP contribution is -2.34. The van der Waals surface area contributed by atoms with Gasteiger partial charge in [-0.2, -0.15) is 0 Å². The van der Waals surface area contributed by atoms with Gasteiger partial charge in [0.05, 0.1) is 11.2 Å². The number of hydrogen-bond acceptors (Lipinski definition) is 2. The van der Waals surface area contributed by atoms with Gasteiger partial charge in [-0.3, -0.25) is 10.4 Å². The predicted molar refractivity (Wildman–Crippen MR) is 78.4 cm³/mol. The molecule has 1 aliphatic heterocycles. The third-order valence-electron chi connectivity index (χ3n) is 3.32. The van der Waals surface area contributed by atoms with Gasteiger partial charge in [-0.15, -0.1) is 0 Å². The maximum atomic E-state index is 8.09. The quantitative estimate of drug-likeness (QED) is 0.866. The van der Waals surface area contributed by atoms with Gasteiger partial charge in [0.25, 0.3) is 0 Å². The molecule has 1 aromatic carbocycles. The SMILES string of the molecule is N=C1CCCCN1c1cccc2cc(Br)cnc12. The highest BCUT2D eigenvalue weighted by Crippen LogP contribution is 2.29. The molecule has 0 atom stereocenters. The number of pyridine rings is 1. The minimum atomic E-state index is 0.707. The average Bonchev–Trinajstić information content (AvgIpc) is 2.38.